The van der Waals surface area contributed by atoms with Gasteiger partial charge >= 0.3 is 0 Å². The lowest BCUT2D eigenvalue weighted by molar-refractivity contribution is -0.139. The van der Waals surface area contributed by atoms with Crippen molar-refractivity contribution in [1.29, 1.82) is 0 Å². The van der Waals surface area contributed by atoms with Gasteiger partial charge in [-0.05, 0) is 68.7 Å². The molecule has 0 N–H and O–H groups in total. The molecule has 0 aliphatic carbocycles. The first-order chi connectivity index (χ1) is 13.7. The van der Waals surface area contributed by atoms with Crippen LogP contribution in [-0.2, 0) is 11.3 Å². The number of carbonyl (C=O) groups is 1. The number of hydrogen-bond acceptors (Lipinski definition) is 3. The van der Waals surface area contributed by atoms with Gasteiger partial charge in [0, 0.05) is 36.2 Å². The summed E-state index contributed by atoms with van der Waals surface area (Å²) in [6.45, 7) is 10.4. The van der Waals surface area contributed by atoms with Crippen LogP contribution in [0.3, 0.4) is 0 Å². The molecule has 2 aromatic rings. The van der Waals surface area contributed by atoms with Crippen LogP contribution >= 0.6 is 15.9 Å². The summed E-state index contributed by atoms with van der Waals surface area (Å²) in [5, 5.41) is 0. The first kappa shape index (κ1) is 21.8. The van der Waals surface area contributed by atoms with Crippen LogP contribution < -0.4 is 4.74 Å². The minimum absolute atomic E-state index is 0.00695. The molecule has 29 heavy (non-hydrogen) atoms. The minimum Gasteiger partial charge on any atom is -0.483 e. The summed E-state index contributed by atoms with van der Waals surface area (Å²) in [5.74, 6) is 0.562. The molecule has 0 aromatic heterocycles. The van der Waals surface area contributed by atoms with Crippen molar-refractivity contribution >= 4 is 21.8 Å². The first-order valence-corrected chi connectivity index (χ1v) is 10.7. The van der Waals surface area contributed by atoms with Crippen molar-refractivity contribution in [1.82, 2.24) is 9.80 Å². The van der Waals surface area contributed by atoms with Gasteiger partial charge in [-0.15, -0.1) is 0 Å². The summed E-state index contributed by atoms with van der Waals surface area (Å²) in [7, 11) is 0. The van der Waals surface area contributed by atoms with Crippen LogP contribution in [0.4, 0.5) is 4.39 Å². The molecule has 0 saturated carbocycles. The van der Waals surface area contributed by atoms with E-state index in [9.17, 15) is 9.18 Å². The number of nitrogens with zero attached hydrogens (tertiary/aromatic N) is 2. The normalized spacial score (nSPS) is 20.0. The van der Waals surface area contributed by atoms with Gasteiger partial charge in [-0.25, -0.2) is 4.39 Å². The molecule has 0 radical (unpaired) electrons. The molecule has 2 aromatic carbocycles. The predicted molar refractivity (Wildman–Crippen MR) is 117 cm³/mol. The van der Waals surface area contributed by atoms with Crippen LogP contribution in [0.25, 0.3) is 0 Å². The maximum Gasteiger partial charge on any atom is 0.260 e. The second kappa shape index (κ2) is 9.26. The van der Waals surface area contributed by atoms with E-state index < -0.39 is 0 Å². The van der Waals surface area contributed by atoms with E-state index in [0.717, 1.165) is 40.0 Å². The molecule has 2 atom stereocenters. The molecule has 3 rings (SSSR count). The monoisotopic (exact) mass is 462 g/mol. The summed E-state index contributed by atoms with van der Waals surface area (Å²) < 4.78 is 20.0. The molecular weight excluding hydrogens is 435 g/mol. The zero-order valence-corrected chi connectivity index (χ0v) is 19.0. The summed E-state index contributed by atoms with van der Waals surface area (Å²) >= 11 is 3.48. The van der Waals surface area contributed by atoms with Gasteiger partial charge in [-0.2, -0.15) is 0 Å². The van der Waals surface area contributed by atoms with Gasteiger partial charge in [-0.1, -0.05) is 28.1 Å². The van der Waals surface area contributed by atoms with Gasteiger partial charge in [0.1, 0.15) is 11.6 Å². The Morgan fingerprint density at radius 3 is 2.34 bits per heavy atom. The van der Waals surface area contributed by atoms with E-state index in [1.54, 1.807) is 0 Å². The van der Waals surface area contributed by atoms with Crippen LogP contribution in [0, 0.1) is 19.7 Å². The van der Waals surface area contributed by atoms with Crippen molar-refractivity contribution in [3.63, 3.8) is 0 Å². The number of carbonyl (C=O) groups excluding carboxylic acids is 1. The van der Waals surface area contributed by atoms with Crippen LogP contribution in [0.5, 0.6) is 5.75 Å². The zero-order chi connectivity index (χ0) is 21.1. The van der Waals surface area contributed by atoms with Gasteiger partial charge < -0.3 is 9.64 Å². The van der Waals surface area contributed by atoms with Gasteiger partial charge in [0.25, 0.3) is 5.91 Å². The van der Waals surface area contributed by atoms with Crippen molar-refractivity contribution in [3.05, 3.63) is 63.4 Å². The number of ether oxygens (including phenoxy) is 1. The Balaban J connectivity index is 1.59. The van der Waals surface area contributed by atoms with E-state index in [4.69, 9.17) is 4.74 Å². The molecule has 1 aliphatic rings. The van der Waals surface area contributed by atoms with E-state index in [-0.39, 0.29) is 30.4 Å². The lowest BCUT2D eigenvalue weighted by atomic mass is 10.1. The lowest BCUT2D eigenvalue weighted by Gasteiger charge is -2.44. The third-order valence-electron chi connectivity index (χ3n) is 5.50. The lowest BCUT2D eigenvalue weighted by Crippen LogP contribution is -2.58. The van der Waals surface area contributed by atoms with E-state index in [1.165, 1.54) is 12.1 Å². The molecule has 1 amide bonds. The predicted octanol–water partition coefficient (Wildman–Crippen LogP) is 4.71. The Morgan fingerprint density at radius 2 is 1.72 bits per heavy atom. The average molecular weight is 463 g/mol. The van der Waals surface area contributed by atoms with E-state index in [1.807, 2.05) is 43.0 Å². The smallest absolute Gasteiger partial charge is 0.260 e. The number of amides is 1. The highest BCUT2D eigenvalue weighted by Gasteiger charge is 2.32. The Morgan fingerprint density at radius 1 is 1.10 bits per heavy atom. The molecule has 0 spiro atoms. The standard InChI is InChI=1S/C23H28BrFN2O2/c1-15-9-20(24)10-16(2)23(15)29-14-22(28)27-12-17(3)26(11-18(27)4)13-19-5-7-21(25)8-6-19/h5-10,17-18H,11-14H2,1-4H3/t17-,18+/m0/s1. The highest BCUT2D eigenvalue weighted by Crippen LogP contribution is 2.27. The molecular formula is C23H28BrFN2O2. The SMILES string of the molecule is Cc1cc(Br)cc(C)c1OCC(=O)N1C[C@H](C)N(Cc2ccc(F)cc2)C[C@H]1C. The van der Waals surface area contributed by atoms with Crippen LogP contribution in [0.2, 0.25) is 0 Å². The van der Waals surface area contributed by atoms with Crippen molar-refractivity contribution in [2.45, 2.75) is 46.3 Å². The quantitative estimate of drug-likeness (QED) is 0.644. The number of piperazine rings is 1. The Kier molecular flexibility index (Phi) is 6.96. The second-order valence-corrected chi connectivity index (χ2v) is 8.87. The van der Waals surface area contributed by atoms with Gasteiger partial charge in [-0.3, -0.25) is 9.69 Å². The molecule has 1 saturated heterocycles. The Bertz CT molecular complexity index is 849. The second-order valence-electron chi connectivity index (χ2n) is 7.96. The third kappa shape index (κ3) is 5.37. The average Bonchev–Trinajstić information content (AvgIpc) is 2.65. The molecule has 1 heterocycles. The van der Waals surface area contributed by atoms with Crippen LogP contribution in [0.1, 0.15) is 30.5 Å². The molecule has 6 heteroatoms. The molecule has 1 aliphatic heterocycles. The Labute approximate surface area is 180 Å². The maximum absolute atomic E-state index is 13.1. The van der Waals surface area contributed by atoms with Crippen molar-refractivity contribution in [2.24, 2.45) is 0 Å². The fraction of sp³-hybridized carbons (Fsp3) is 0.435. The van der Waals surface area contributed by atoms with Crippen molar-refractivity contribution in [2.75, 3.05) is 19.7 Å². The van der Waals surface area contributed by atoms with Gasteiger partial charge in [0.05, 0.1) is 0 Å². The van der Waals surface area contributed by atoms with E-state index in [0.29, 0.717) is 6.54 Å². The molecule has 156 valence electrons. The van der Waals surface area contributed by atoms with Crippen molar-refractivity contribution < 1.29 is 13.9 Å². The fourth-order valence-electron chi connectivity index (χ4n) is 3.93. The summed E-state index contributed by atoms with van der Waals surface area (Å²) in [6, 6.07) is 10.9. The molecule has 4 nitrogen and oxygen atoms in total. The van der Waals surface area contributed by atoms with Crippen LogP contribution in [-0.4, -0.2) is 47.5 Å². The number of halogens is 2. The van der Waals surface area contributed by atoms with E-state index in [2.05, 4.69) is 34.7 Å². The summed E-state index contributed by atoms with van der Waals surface area (Å²) in [4.78, 5) is 17.1. The number of rotatable bonds is 5. The van der Waals surface area contributed by atoms with Crippen LogP contribution in [0.15, 0.2) is 40.9 Å². The van der Waals surface area contributed by atoms with Gasteiger partial charge in [0.2, 0.25) is 0 Å². The zero-order valence-electron chi connectivity index (χ0n) is 17.4. The highest BCUT2D eigenvalue weighted by atomic mass is 79.9. The first-order valence-electron chi connectivity index (χ1n) is 9.92. The van der Waals surface area contributed by atoms with E-state index >= 15 is 0 Å². The number of hydrogen-bond donors (Lipinski definition) is 0. The number of aryl methyl sites for hydroxylation is 2. The largest absolute Gasteiger partial charge is 0.483 e. The van der Waals surface area contributed by atoms with Crippen molar-refractivity contribution in [3.8, 4) is 5.75 Å². The fourth-order valence-corrected chi connectivity index (χ4v) is 4.62. The highest BCUT2D eigenvalue weighted by molar-refractivity contribution is 9.10. The number of benzene rings is 2. The molecule has 0 bridgehead atoms. The summed E-state index contributed by atoms with van der Waals surface area (Å²) in [5.41, 5.74) is 3.10. The molecule has 1 fully saturated rings. The summed E-state index contributed by atoms with van der Waals surface area (Å²) in [6.07, 6.45) is 0. The third-order valence-corrected chi connectivity index (χ3v) is 5.96. The van der Waals surface area contributed by atoms with Gasteiger partial charge in [0.15, 0.2) is 6.61 Å². The maximum atomic E-state index is 13.1. The Hall–Kier alpha value is -1.92. The molecule has 0 unspecified atom stereocenters. The minimum atomic E-state index is -0.221. The topological polar surface area (TPSA) is 32.8 Å².